The van der Waals surface area contributed by atoms with Crippen molar-refractivity contribution in [3.05, 3.63) is 52.7 Å². The Kier molecular flexibility index (Phi) is 4.47. The van der Waals surface area contributed by atoms with Gasteiger partial charge in [0.1, 0.15) is 5.52 Å². The van der Waals surface area contributed by atoms with Crippen LogP contribution in [0, 0.1) is 5.92 Å². The Hall–Kier alpha value is -3.22. The van der Waals surface area contributed by atoms with E-state index in [1.165, 1.54) is 12.1 Å². The molecule has 7 heteroatoms. The van der Waals surface area contributed by atoms with E-state index in [1.54, 1.807) is 35.3 Å². The van der Waals surface area contributed by atoms with Crippen molar-refractivity contribution in [2.24, 2.45) is 11.7 Å². The second kappa shape index (κ2) is 6.72. The number of primary amides is 1. The summed E-state index contributed by atoms with van der Waals surface area (Å²) in [6.07, 6.45) is 8.04. The molecule has 0 aliphatic heterocycles. The first kappa shape index (κ1) is 16.6. The summed E-state index contributed by atoms with van der Waals surface area (Å²) in [7, 11) is 0. The Balaban J connectivity index is 2.05. The highest BCUT2D eigenvalue weighted by Gasteiger charge is 2.09. The van der Waals surface area contributed by atoms with E-state index < -0.39 is 5.91 Å². The molecule has 0 unspecified atom stereocenters. The number of aromatic amines is 1. The van der Waals surface area contributed by atoms with Gasteiger partial charge in [0.15, 0.2) is 5.65 Å². The van der Waals surface area contributed by atoms with Gasteiger partial charge in [-0.1, -0.05) is 13.8 Å². The van der Waals surface area contributed by atoms with Gasteiger partial charge in [0.2, 0.25) is 5.91 Å². The average molecular weight is 337 g/mol. The van der Waals surface area contributed by atoms with Gasteiger partial charge in [0.05, 0.1) is 11.9 Å². The second-order valence-corrected chi connectivity index (χ2v) is 6.23. The lowest BCUT2D eigenvalue weighted by atomic mass is 10.2. The van der Waals surface area contributed by atoms with Gasteiger partial charge in [-0.3, -0.25) is 9.59 Å². The molecule has 0 atom stereocenters. The van der Waals surface area contributed by atoms with Gasteiger partial charge in [-0.2, -0.15) is 0 Å². The van der Waals surface area contributed by atoms with Crippen LogP contribution in [-0.4, -0.2) is 25.4 Å². The van der Waals surface area contributed by atoms with Gasteiger partial charge in [0, 0.05) is 42.2 Å². The molecule has 3 rings (SSSR count). The molecule has 0 radical (unpaired) electrons. The number of carbonyl (C=O) groups excluding carboxylic acids is 1. The quantitative estimate of drug-likeness (QED) is 0.694. The van der Waals surface area contributed by atoms with Crippen molar-refractivity contribution in [3.63, 3.8) is 0 Å². The molecule has 3 aromatic heterocycles. The van der Waals surface area contributed by atoms with Crippen LogP contribution in [0.3, 0.4) is 0 Å². The highest BCUT2D eigenvalue weighted by atomic mass is 16.1. The molecule has 3 aromatic rings. The van der Waals surface area contributed by atoms with E-state index in [0.717, 1.165) is 11.1 Å². The average Bonchev–Trinajstić information content (AvgIpc) is 2.97. The lowest BCUT2D eigenvalue weighted by molar-refractivity contribution is -0.113. The van der Waals surface area contributed by atoms with Crippen LogP contribution >= 0.6 is 0 Å². The molecule has 128 valence electrons. The summed E-state index contributed by atoms with van der Waals surface area (Å²) in [4.78, 5) is 34.9. The maximum absolute atomic E-state index is 12.0. The van der Waals surface area contributed by atoms with Gasteiger partial charge in [-0.05, 0) is 18.1 Å². The lowest BCUT2D eigenvalue weighted by Gasteiger charge is -2.10. The summed E-state index contributed by atoms with van der Waals surface area (Å²) in [5.41, 5.74) is 8.53. The smallest absolute Gasteiger partial charge is 0.250 e. The van der Waals surface area contributed by atoms with Crippen LogP contribution in [0.5, 0.6) is 0 Å². The zero-order valence-corrected chi connectivity index (χ0v) is 14.1. The number of nitrogens with two attached hydrogens (primary N) is 1. The summed E-state index contributed by atoms with van der Waals surface area (Å²) in [6.45, 7) is 4.75. The minimum atomic E-state index is -0.528. The normalized spacial score (nSPS) is 11.6. The Morgan fingerprint density at radius 1 is 1.40 bits per heavy atom. The predicted molar refractivity (Wildman–Crippen MR) is 96.7 cm³/mol. The highest BCUT2D eigenvalue weighted by molar-refractivity contribution is 5.93. The number of hydrogen-bond acceptors (Lipinski definition) is 4. The SMILES string of the molecule is CC(C)Cn1cc(-c2cnc3[nH]cc(/C=C/C(N)=O)c3n2)ccc1=O. The van der Waals surface area contributed by atoms with Crippen LogP contribution in [0.25, 0.3) is 28.5 Å². The van der Waals surface area contributed by atoms with E-state index in [1.807, 2.05) is 0 Å². The number of pyridine rings is 1. The summed E-state index contributed by atoms with van der Waals surface area (Å²) < 4.78 is 1.68. The third-order valence-electron chi connectivity index (χ3n) is 3.68. The summed E-state index contributed by atoms with van der Waals surface area (Å²) in [5, 5.41) is 0. The topological polar surface area (TPSA) is 107 Å². The van der Waals surface area contributed by atoms with Gasteiger partial charge in [0.25, 0.3) is 5.56 Å². The van der Waals surface area contributed by atoms with Crippen LogP contribution in [0.1, 0.15) is 19.4 Å². The fourth-order valence-corrected chi connectivity index (χ4v) is 2.57. The number of H-pyrrole nitrogens is 1. The first-order valence-electron chi connectivity index (χ1n) is 7.96. The first-order chi connectivity index (χ1) is 11.9. The van der Waals surface area contributed by atoms with Gasteiger partial charge in [-0.25, -0.2) is 9.97 Å². The molecule has 0 spiro atoms. The molecule has 0 bridgehead atoms. The van der Waals surface area contributed by atoms with Crippen molar-refractivity contribution in [1.82, 2.24) is 19.5 Å². The molecular formula is C18H19N5O2. The number of nitrogens with zero attached hydrogens (tertiary/aromatic N) is 3. The highest BCUT2D eigenvalue weighted by Crippen LogP contribution is 2.21. The Morgan fingerprint density at radius 3 is 2.92 bits per heavy atom. The molecule has 7 nitrogen and oxygen atoms in total. The molecule has 3 heterocycles. The van der Waals surface area contributed by atoms with Crippen molar-refractivity contribution in [2.45, 2.75) is 20.4 Å². The molecule has 0 aromatic carbocycles. The molecule has 3 N–H and O–H groups in total. The van der Waals surface area contributed by atoms with E-state index >= 15 is 0 Å². The van der Waals surface area contributed by atoms with Crippen LogP contribution in [0.4, 0.5) is 0 Å². The number of aromatic nitrogens is 4. The lowest BCUT2D eigenvalue weighted by Crippen LogP contribution is -2.21. The number of nitrogens with one attached hydrogen (secondary N) is 1. The minimum Gasteiger partial charge on any atom is -0.366 e. The second-order valence-electron chi connectivity index (χ2n) is 6.23. The summed E-state index contributed by atoms with van der Waals surface area (Å²) in [5.74, 6) is -0.170. The van der Waals surface area contributed by atoms with Gasteiger partial charge in [-0.15, -0.1) is 0 Å². The molecule has 0 saturated heterocycles. The predicted octanol–water partition coefficient (Wildman–Crippen LogP) is 1.94. The van der Waals surface area contributed by atoms with Crippen molar-refractivity contribution in [2.75, 3.05) is 0 Å². The third kappa shape index (κ3) is 3.65. The van der Waals surface area contributed by atoms with Crippen molar-refractivity contribution >= 4 is 23.1 Å². The van der Waals surface area contributed by atoms with Gasteiger partial charge >= 0.3 is 0 Å². The van der Waals surface area contributed by atoms with Crippen molar-refractivity contribution in [3.8, 4) is 11.3 Å². The van der Waals surface area contributed by atoms with E-state index in [2.05, 4.69) is 28.8 Å². The maximum Gasteiger partial charge on any atom is 0.250 e. The Morgan fingerprint density at radius 2 is 2.20 bits per heavy atom. The number of amides is 1. The number of carbonyl (C=O) groups is 1. The fourth-order valence-electron chi connectivity index (χ4n) is 2.57. The van der Waals surface area contributed by atoms with Crippen LogP contribution in [0.2, 0.25) is 0 Å². The summed E-state index contributed by atoms with van der Waals surface area (Å²) >= 11 is 0. The van der Waals surface area contributed by atoms with E-state index in [4.69, 9.17) is 5.73 Å². The van der Waals surface area contributed by atoms with E-state index in [-0.39, 0.29) is 5.56 Å². The molecular weight excluding hydrogens is 318 g/mol. The Labute approximate surface area is 144 Å². The van der Waals surface area contributed by atoms with Crippen molar-refractivity contribution in [1.29, 1.82) is 0 Å². The maximum atomic E-state index is 12.0. The molecule has 1 amide bonds. The zero-order valence-electron chi connectivity index (χ0n) is 14.1. The standard InChI is InChI=1S/C18H19N5O2/c1-11(2)9-23-10-13(4-6-16(23)25)14-8-21-18-17(22-14)12(7-20-18)3-5-15(19)24/h3-8,10-11H,9H2,1-2H3,(H2,19,24)(H,20,21)/b5-3+. The van der Waals surface area contributed by atoms with E-state index in [9.17, 15) is 9.59 Å². The van der Waals surface area contributed by atoms with Gasteiger partial charge < -0.3 is 15.3 Å². The Bertz CT molecular complexity index is 1010. The monoisotopic (exact) mass is 337 g/mol. The molecule has 0 fully saturated rings. The summed E-state index contributed by atoms with van der Waals surface area (Å²) in [6, 6.07) is 3.27. The zero-order chi connectivity index (χ0) is 18.0. The van der Waals surface area contributed by atoms with Crippen molar-refractivity contribution < 1.29 is 4.79 Å². The fraction of sp³-hybridized carbons (Fsp3) is 0.222. The first-order valence-corrected chi connectivity index (χ1v) is 7.96. The van der Waals surface area contributed by atoms with Crippen LogP contribution < -0.4 is 11.3 Å². The largest absolute Gasteiger partial charge is 0.366 e. The van der Waals surface area contributed by atoms with Crippen LogP contribution in [-0.2, 0) is 11.3 Å². The number of fused-ring (bicyclic) bond motifs is 1. The molecule has 0 saturated carbocycles. The molecule has 0 aliphatic rings. The third-order valence-corrected chi connectivity index (χ3v) is 3.68. The minimum absolute atomic E-state index is 0.0433. The number of hydrogen-bond donors (Lipinski definition) is 2. The number of rotatable bonds is 5. The molecule has 25 heavy (non-hydrogen) atoms. The molecule has 0 aliphatic carbocycles. The van der Waals surface area contributed by atoms with E-state index in [0.29, 0.717) is 29.3 Å². The van der Waals surface area contributed by atoms with Crippen LogP contribution in [0.15, 0.2) is 41.6 Å².